The highest BCUT2D eigenvalue weighted by atomic mass is 32.2. The predicted octanol–water partition coefficient (Wildman–Crippen LogP) is 2.48. The number of carbonyl (C=O) groups is 2. The summed E-state index contributed by atoms with van der Waals surface area (Å²) in [6.07, 6.45) is 0. The van der Waals surface area contributed by atoms with Crippen molar-refractivity contribution in [2.75, 3.05) is 23.4 Å². The summed E-state index contributed by atoms with van der Waals surface area (Å²) in [7, 11) is 0. The molecule has 0 bridgehead atoms. The molecule has 2 heterocycles. The van der Waals surface area contributed by atoms with Crippen molar-refractivity contribution in [3.8, 4) is 0 Å². The normalized spacial score (nSPS) is 10.8. The number of H-pyrrole nitrogens is 1. The zero-order valence-corrected chi connectivity index (χ0v) is 15.2. The first-order valence-corrected chi connectivity index (χ1v) is 9.12. The fourth-order valence-corrected chi connectivity index (χ4v) is 3.43. The topological polar surface area (TPSA) is 123 Å². The van der Waals surface area contributed by atoms with E-state index in [1.807, 2.05) is 13.8 Å². The number of thiophene rings is 1. The van der Waals surface area contributed by atoms with Crippen LogP contribution in [0.5, 0.6) is 0 Å². The lowest BCUT2D eigenvalue weighted by Gasteiger charge is -2.05. The van der Waals surface area contributed by atoms with Crippen LogP contribution in [0.15, 0.2) is 11.2 Å². The van der Waals surface area contributed by atoms with E-state index >= 15 is 0 Å². The number of rotatable bonds is 7. The van der Waals surface area contributed by atoms with Crippen LogP contribution in [0.4, 0.5) is 10.9 Å². The Morgan fingerprint density at radius 2 is 2.25 bits per heavy atom. The van der Waals surface area contributed by atoms with Gasteiger partial charge in [0, 0.05) is 4.88 Å². The van der Waals surface area contributed by atoms with Crippen molar-refractivity contribution in [3.63, 3.8) is 0 Å². The summed E-state index contributed by atoms with van der Waals surface area (Å²) < 4.78 is 5.05. The largest absolute Gasteiger partial charge is 0.462 e. The molecule has 0 saturated heterocycles. The monoisotopic (exact) mass is 369 g/mol. The van der Waals surface area contributed by atoms with Crippen LogP contribution in [0.1, 0.15) is 41.9 Å². The van der Waals surface area contributed by atoms with Crippen molar-refractivity contribution >= 4 is 45.9 Å². The Balaban J connectivity index is 2.06. The van der Waals surface area contributed by atoms with Crippen LogP contribution in [0.3, 0.4) is 0 Å². The van der Waals surface area contributed by atoms with Crippen LogP contribution in [0.2, 0.25) is 0 Å². The minimum absolute atomic E-state index is 0.106. The molecule has 2 rings (SSSR count). The number of amides is 1. The Morgan fingerprint density at radius 3 is 2.83 bits per heavy atom. The maximum atomic E-state index is 12.1. The number of nitrogens with two attached hydrogens (primary N) is 1. The third kappa shape index (κ3) is 4.71. The van der Waals surface area contributed by atoms with Crippen molar-refractivity contribution in [3.05, 3.63) is 16.5 Å². The zero-order valence-electron chi connectivity index (χ0n) is 13.6. The van der Waals surface area contributed by atoms with Gasteiger partial charge in [-0.25, -0.2) is 9.89 Å². The lowest BCUT2D eigenvalue weighted by atomic mass is 10.1. The Hall–Kier alpha value is -2.07. The van der Waals surface area contributed by atoms with Gasteiger partial charge in [-0.2, -0.15) is 4.98 Å². The number of aromatic nitrogens is 3. The molecule has 0 saturated carbocycles. The van der Waals surface area contributed by atoms with E-state index in [0.29, 0.717) is 15.7 Å². The van der Waals surface area contributed by atoms with Crippen LogP contribution in [0.25, 0.3) is 0 Å². The third-order valence-electron chi connectivity index (χ3n) is 2.88. The molecule has 0 aliphatic rings. The van der Waals surface area contributed by atoms with Gasteiger partial charge in [0.1, 0.15) is 5.00 Å². The van der Waals surface area contributed by atoms with E-state index < -0.39 is 5.97 Å². The fraction of sp³-hybridized carbons (Fsp3) is 0.429. The quantitative estimate of drug-likeness (QED) is 0.506. The van der Waals surface area contributed by atoms with Gasteiger partial charge in [-0.05, 0) is 18.9 Å². The standard InChI is InChI=1S/C14H19N5O3S2/c1-4-22-12(21)8-5-9(7(2)3)24-11(8)16-10(20)6-23-14-17-13(15)18-19-14/h5,7H,4,6H2,1-3H3,(H,16,20)(H3,15,17,18,19). The van der Waals surface area contributed by atoms with E-state index in [0.717, 1.165) is 16.6 Å². The molecule has 130 valence electrons. The number of thioether (sulfide) groups is 1. The minimum Gasteiger partial charge on any atom is -0.462 e. The molecule has 0 fully saturated rings. The summed E-state index contributed by atoms with van der Waals surface area (Å²) in [5, 5.41) is 10.00. The van der Waals surface area contributed by atoms with E-state index in [4.69, 9.17) is 10.5 Å². The van der Waals surface area contributed by atoms with Crippen LogP contribution in [-0.4, -0.2) is 39.4 Å². The smallest absolute Gasteiger partial charge is 0.341 e. The molecule has 0 spiro atoms. The first-order valence-electron chi connectivity index (χ1n) is 7.32. The number of aromatic amines is 1. The van der Waals surface area contributed by atoms with Crippen LogP contribution in [-0.2, 0) is 9.53 Å². The van der Waals surface area contributed by atoms with Gasteiger partial charge >= 0.3 is 5.97 Å². The molecule has 0 radical (unpaired) electrons. The van der Waals surface area contributed by atoms with Gasteiger partial charge in [0.05, 0.1) is 17.9 Å². The Bertz CT molecular complexity index is 726. The number of nitrogen functional groups attached to an aromatic ring is 1. The molecular weight excluding hydrogens is 350 g/mol. The number of carbonyl (C=O) groups excluding carboxylic acids is 2. The summed E-state index contributed by atoms with van der Waals surface area (Å²) in [5.74, 6) is -0.146. The molecule has 2 aromatic rings. The Labute approximate surface area is 147 Å². The average Bonchev–Trinajstić information content (AvgIpc) is 3.12. The molecule has 2 aromatic heterocycles. The summed E-state index contributed by atoms with van der Waals surface area (Å²) in [4.78, 5) is 29.1. The van der Waals surface area contributed by atoms with Crippen LogP contribution < -0.4 is 11.1 Å². The predicted molar refractivity (Wildman–Crippen MR) is 94.5 cm³/mol. The summed E-state index contributed by atoms with van der Waals surface area (Å²) in [6, 6.07) is 1.77. The second-order valence-electron chi connectivity index (χ2n) is 5.11. The summed E-state index contributed by atoms with van der Waals surface area (Å²) in [5.41, 5.74) is 5.81. The molecule has 24 heavy (non-hydrogen) atoms. The van der Waals surface area contributed by atoms with Gasteiger partial charge in [0.2, 0.25) is 17.0 Å². The number of esters is 1. The van der Waals surface area contributed by atoms with Crippen molar-refractivity contribution < 1.29 is 14.3 Å². The van der Waals surface area contributed by atoms with Gasteiger partial charge in [0.25, 0.3) is 0 Å². The maximum Gasteiger partial charge on any atom is 0.341 e. The van der Waals surface area contributed by atoms with Gasteiger partial charge in [-0.1, -0.05) is 25.6 Å². The fourth-order valence-electron chi connectivity index (χ4n) is 1.76. The van der Waals surface area contributed by atoms with Crippen LogP contribution in [0, 0.1) is 0 Å². The molecule has 0 unspecified atom stereocenters. The van der Waals surface area contributed by atoms with Gasteiger partial charge in [0.15, 0.2) is 0 Å². The molecule has 8 nitrogen and oxygen atoms in total. The molecule has 0 aromatic carbocycles. The van der Waals surface area contributed by atoms with E-state index in [1.54, 1.807) is 13.0 Å². The number of anilines is 2. The van der Waals surface area contributed by atoms with Gasteiger partial charge in [-0.3, -0.25) is 4.79 Å². The molecular formula is C14H19N5O3S2. The van der Waals surface area contributed by atoms with E-state index in [1.165, 1.54) is 11.3 Å². The van der Waals surface area contributed by atoms with Crippen LogP contribution >= 0.6 is 23.1 Å². The second kappa shape index (κ2) is 8.15. The SMILES string of the molecule is CCOC(=O)c1cc(C(C)C)sc1NC(=O)CSc1n[nH]c(N)n1. The van der Waals surface area contributed by atoms with E-state index in [2.05, 4.69) is 20.5 Å². The lowest BCUT2D eigenvalue weighted by molar-refractivity contribution is -0.113. The first-order chi connectivity index (χ1) is 11.4. The van der Waals surface area contributed by atoms with E-state index in [9.17, 15) is 9.59 Å². The van der Waals surface area contributed by atoms with Gasteiger partial charge < -0.3 is 15.8 Å². The number of nitrogens with zero attached hydrogens (tertiary/aromatic N) is 2. The second-order valence-corrected chi connectivity index (χ2v) is 7.13. The van der Waals surface area contributed by atoms with Gasteiger partial charge in [-0.15, -0.1) is 16.4 Å². The highest BCUT2D eigenvalue weighted by molar-refractivity contribution is 7.99. The highest BCUT2D eigenvalue weighted by Gasteiger charge is 2.20. The first kappa shape index (κ1) is 18.3. The Kier molecular flexibility index (Phi) is 6.21. The minimum atomic E-state index is -0.439. The van der Waals surface area contributed by atoms with E-state index in [-0.39, 0.29) is 30.1 Å². The molecule has 0 atom stereocenters. The molecule has 4 N–H and O–H groups in total. The number of hydrogen-bond acceptors (Lipinski definition) is 8. The number of nitrogens with one attached hydrogen (secondary N) is 2. The van der Waals surface area contributed by atoms with Crippen molar-refractivity contribution in [2.24, 2.45) is 0 Å². The number of hydrogen-bond donors (Lipinski definition) is 3. The molecule has 0 aliphatic carbocycles. The summed E-state index contributed by atoms with van der Waals surface area (Å²) in [6.45, 7) is 6.07. The summed E-state index contributed by atoms with van der Waals surface area (Å²) >= 11 is 2.53. The third-order valence-corrected chi connectivity index (χ3v) is 5.08. The molecule has 10 heteroatoms. The van der Waals surface area contributed by atoms with Crippen molar-refractivity contribution in [2.45, 2.75) is 31.8 Å². The highest BCUT2D eigenvalue weighted by Crippen LogP contribution is 2.33. The number of ether oxygens (including phenoxy) is 1. The maximum absolute atomic E-state index is 12.1. The molecule has 1 amide bonds. The Morgan fingerprint density at radius 1 is 1.50 bits per heavy atom. The lowest BCUT2D eigenvalue weighted by Crippen LogP contribution is -2.16. The average molecular weight is 369 g/mol. The van der Waals surface area contributed by atoms with Crippen molar-refractivity contribution in [1.82, 2.24) is 15.2 Å². The zero-order chi connectivity index (χ0) is 17.7. The van der Waals surface area contributed by atoms with Crippen molar-refractivity contribution in [1.29, 1.82) is 0 Å². The molecule has 0 aliphatic heterocycles.